The summed E-state index contributed by atoms with van der Waals surface area (Å²) in [6.07, 6.45) is 0. The molecule has 0 radical (unpaired) electrons. The number of benzene rings is 3. The zero-order chi connectivity index (χ0) is 18.8. The van der Waals surface area contributed by atoms with Gasteiger partial charge >= 0.3 is 0 Å². The SMILES string of the molecule is CC1=Nc2cc(C(=O)N[C@H](C)c3ccccc3)ccc2Sc2ccccc21. The molecule has 3 aromatic carbocycles. The normalized spacial score (nSPS) is 13.6. The number of hydrogen-bond donors (Lipinski definition) is 1. The van der Waals surface area contributed by atoms with Crippen LogP contribution in [0.5, 0.6) is 0 Å². The highest BCUT2D eigenvalue weighted by molar-refractivity contribution is 7.99. The minimum Gasteiger partial charge on any atom is -0.346 e. The van der Waals surface area contributed by atoms with Crippen LogP contribution >= 0.6 is 11.8 Å². The number of nitrogens with one attached hydrogen (secondary N) is 1. The van der Waals surface area contributed by atoms with Crippen LogP contribution in [0.3, 0.4) is 0 Å². The number of nitrogens with zero attached hydrogens (tertiary/aromatic N) is 1. The van der Waals surface area contributed by atoms with Crippen LogP contribution in [-0.2, 0) is 0 Å². The van der Waals surface area contributed by atoms with Crippen LogP contribution in [0.4, 0.5) is 5.69 Å². The summed E-state index contributed by atoms with van der Waals surface area (Å²) < 4.78 is 0. The van der Waals surface area contributed by atoms with Gasteiger partial charge in [0.1, 0.15) is 0 Å². The van der Waals surface area contributed by atoms with Crippen molar-refractivity contribution in [3.63, 3.8) is 0 Å². The molecule has 134 valence electrons. The van der Waals surface area contributed by atoms with E-state index >= 15 is 0 Å². The van der Waals surface area contributed by atoms with Crippen molar-refractivity contribution in [1.29, 1.82) is 0 Å². The molecule has 0 saturated heterocycles. The Labute approximate surface area is 163 Å². The molecule has 0 aliphatic carbocycles. The van der Waals surface area contributed by atoms with Gasteiger partial charge in [-0.3, -0.25) is 9.79 Å². The van der Waals surface area contributed by atoms with Gasteiger partial charge < -0.3 is 5.32 Å². The Balaban J connectivity index is 1.61. The van der Waals surface area contributed by atoms with Gasteiger partial charge in [-0.15, -0.1) is 0 Å². The molecule has 1 amide bonds. The molecule has 1 aliphatic heterocycles. The highest BCUT2D eigenvalue weighted by Gasteiger charge is 2.17. The van der Waals surface area contributed by atoms with Gasteiger partial charge in [0, 0.05) is 26.6 Å². The fraction of sp³-hybridized carbons (Fsp3) is 0.130. The number of carbonyl (C=O) groups is 1. The Morgan fingerprint density at radius 2 is 1.70 bits per heavy atom. The number of aliphatic imine (C=N–C) groups is 1. The van der Waals surface area contributed by atoms with Crippen molar-refractivity contribution in [3.05, 3.63) is 89.5 Å². The summed E-state index contributed by atoms with van der Waals surface area (Å²) in [6, 6.07) is 23.9. The third-order valence-corrected chi connectivity index (χ3v) is 5.79. The average molecular weight is 372 g/mol. The van der Waals surface area contributed by atoms with Crippen molar-refractivity contribution < 1.29 is 4.79 Å². The molecular weight excluding hydrogens is 352 g/mol. The van der Waals surface area contributed by atoms with Gasteiger partial charge in [-0.2, -0.15) is 0 Å². The molecule has 3 aromatic rings. The Morgan fingerprint density at radius 3 is 2.52 bits per heavy atom. The second-order valence-corrected chi connectivity index (χ2v) is 7.67. The molecule has 0 aromatic heterocycles. The number of carbonyl (C=O) groups excluding carboxylic acids is 1. The first-order valence-electron chi connectivity index (χ1n) is 8.94. The molecule has 4 rings (SSSR count). The maximum atomic E-state index is 12.7. The van der Waals surface area contributed by atoms with E-state index in [0.29, 0.717) is 5.56 Å². The number of hydrogen-bond acceptors (Lipinski definition) is 3. The van der Waals surface area contributed by atoms with E-state index < -0.39 is 0 Å². The third-order valence-electron chi connectivity index (χ3n) is 4.65. The molecular formula is C23H20N2OS. The summed E-state index contributed by atoms with van der Waals surface area (Å²) in [4.78, 5) is 19.8. The van der Waals surface area contributed by atoms with E-state index in [-0.39, 0.29) is 11.9 Å². The van der Waals surface area contributed by atoms with Crippen molar-refractivity contribution in [1.82, 2.24) is 5.32 Å². The monoisotopic (exact) mass is 372 g/mol. The van der Waals surface area contributed by atoms with Crippen molar-refractivity contribution in [2.75, 3.05) is 0 Å². The lowest BCUT2D eigenvalue weighted by Crippen LogP contribution is -2.26. The second kappa shape index (κ2) is 7.41. The Morgan fingerprint density at radius 1 is 0.963 bits per heavy atom. The Hall–Kier alpha value is -2.85. The number of fused-ring (bicyclic) bond motifs is 2. The first-order valence-corrected chi connectivity index (χ1v) is 9.76. The van der Waals surface area contributed by atoms with Crippen molar-refractivity contribution in [2.45, 2.75) is 29.7 Å². The molecule has 4 heteroatoms. The smallest absolute Gasteiger partial charge is 0.251 e. The second-order valence-electron chi connectivity index (χ2n) is 6.58. The minimum atomic E-state index is -0.0891. The maximum absolute atomic E-state index is 12.7. The van der Waals surface area contributed by atoms with E-state index in [1.807, 2.05) is 74.5 Å². The molecule has 3 nitrogen and oxygen atoms in total. The van der Waals surface area contributed by atoms with Crippen LogP contribution in [0, 0.1) is 0 Å². The third kappa shape index (κ3) is 3.67. The Kier molecular flexibility index (Phi) is 4.82. The van der Waals surface area contributed by atoms with E-state index in [1.54, 1.807) is 11.8 Å². The molecule has 0 bridgehead atoms. The topological polar surface area (TPSA) is 41.5 Å². The molecule has 1 atom stereocenters. The summed E-state index contributed by atoms with van der Waals surface area (Å²) in [7, 11) is 0. The summed E-state index contributed by atoms with van der Waals surface area (Å²) in [5.74, 6) is -0.0891. The average Bonchev–Trinajstić information content (AvgIpc) is 2.84. The fourth-order valence-corrected chi connectivity index (χ4v) is 4.21. The van der Waals surface area contributed by atoms with E-state index in [1.165, 1.54) is 4.90 Å². The van der Waals surface area contributed by atoms with Gasteiger partial charge in [0.15, 0.2) is 0 Å². The highest BCUT2D eigenvalue weighted by Crippen LogP contribution is 2.40. The summed E-state index contributed by atoms with van der Waals surface area (Å²) in [5, 5.41) is 3.07. The molecule has 1 aliphatic rings. The van der Waals surface area contributed by atoms with E-state index in [4.69, 9.17) is 4.99 Å². The highest BCUT2D eigenvalue weighted by atomic mass is 32.2. The zero-order valence-corrected chi connectivity index (χ0v) is 16.1. The number of rotatable bonds is 3. The molecule has 1 heterocycles. The molecule has 0 saturated carbocycles. The molecule has 0 unspecified atom stereocenters. The van der Waals surface area contributed by atoms with Crippen LogP contribution in [0.2, 0.25) is 0 Å². The van der Waals surface area contributed by atoms with Crippen LogP contribution in [0.15, 0.2) is 87.6 Å². The molecule has 0 spiro atoms. The zero-order valence-electron chi connectivity index (χ0n) is 15.3. The lowest BCUT2D eigenvalue weighted by atomic mass is 10.1. The largest absolute Gasteiger partial charge is 0.346 e. The maximum Gasteiger partial charge on any atom is 0.251 e. The van der Waals surface area contributed by atoms with Crippen LogP contribution < -0.4 is 5.32 Å². The number of amides is 1. The quantitative estimate of drug-likeness (QED) is 0.633. The molecule has 1 N–H and O–H groups in total. The first kappa shape index (κ1) is 17.6. The predicted octanol–water partition coefficient (Wildman–Crippen LogP) is 5.78. The van der Waals surface area contributed by atoms with Crippen molar-refractivity contribution in [2.24, 2.45) is 4.99 Å². The minimum absolute atomic E-state index is 0.0543. The van der Waals surface area contributed by atoms with Gasteiger partial charge in [0.25, 0.3) is 5.91 Å². The van der Waals surface area contributed by atoms with Crippen LogP contribution in [0.1, 0.15) is 41.4 Å². The fourth-order valence-electron chi connectivity index (χ4n) is 3.15. The van der Waals surface area contributed by atoms with Gasteiger partial charge in [0.05, 0.1) is 11.7 Å². The van der Waals surface area contributed by atoms with Gasteiger partial charge in [-0.05, 0) is 43.7 Å². The summed E-state index contributed by atoms with van der Waals surface area (Å²) >= 11 is 1.69. The predicted molar refractivity (Wildman–Crippen MR) is 111 cm³/mol. The van der Waals surface area contributed by atoms with Crippen molar-refractivity contribution >= 4 is 29.1 Å². The lowest BCUT2D eigenvalue weighted by Gasteiger charge is -2.15. The Bertz CT molecular complexity index is 1030. The van der Waals surface area contributed by atoms with E-state index in [0.717, 1.165) is 27.4 Å². The van der Waals surface area contributed by atoms with Gasteiger partial charge in [-0.25, -0.2) is 0 Å². The van der Waals surface area contributed by atoms with Crippen molar-refractivity contribution in [3.8, 4) is 0 Å². The van der Waals surface area contributed by atoms with Gasteiger partial charge in [0.2, 0.25) is 0 Å². The molecule has 0 fully saturated rings. The van der Waals surface area contributed by atoms with E-state index in [2.05, 4.69) is 17.4 Å². The van der Waals surface area contributed by atoms with Crippen LogP contribution in [0.25, 0.3) is 0 Å². The lowest BCUT2D eigenvalue weighted by molar-refractivity contribution is 0.0940. The van der Waals surface area contributed by atoms with E-state index in [9.17, 15) is 4.79 Å². The van der Waals surface area contributed by atoms with Crippen LogP contribution in [-0.4, -0.2) is 11.6 Å². The van der Waals surface area contributed by atoms with Gasteiger partial charge in [-0.1, -0.05) is 60.3 Å². The first-order chi connectivity index (χ1) is 13.1. The molecule has 27 heavy (non-hydrogen) atoms. The standard InChI is InChI=1S/C23H20N2OS/c1-15(17-8-4-3-5-9-17)25-23(26)18-12-13-22-20(14-18)24-16(2)19-10-6-7-11-21(19)27-22/h3-15H,1-2H3,(H,25,26)/t15-/m1/s1. The summed E-state index contributed by atoms with van der Waals surface area (Å²) in [5.41, 5.74) is 4.66. The summed E-state index contributed by atoms with van der Waals surface area (Å²) in [6.45, 7) is 4.00.